The molecule has 2 amide bonds. The predicted octanol–water partition coefficient (Wildman–Crippen LogP) is 3.50. The number of hydrogen-bond acceptors (Lipinski definition) is 4. The molecule has 0 atom stereocenters. The van der Waals surface area contributed by atoms with E-state index >= 15 is 0 Å². The Morgan fingerprint density at radius 2 is 1.42 bits per heavy atom. The van der Waals surface area contributed by atoms with Crippen LogP contribution in [0.5, 0.6) is 0 Å². The van der Waals surface area contributed by atoms with E-state index in [1.54, 1.807) is 48.5 Å². The van der Waals surface area contributed by atoms with Crippen molar-refractivity contribution in [2.24, 2.45) is 0 Å². The summed E-state index contributed by atoms with van der Waals surface area (Å²) < 4.78 is 27.5. The number of benzene rings is 3. The quantitative estimate of drug-likeness (QED) is 0.592. The number of carbonyl (C=O) groups excluding carboxylic acids is 2. The largest absolute Gasteiger partial charge is 0.270 e. The Kier molecular flexibility index (Phi) is 4.53. The van der Waals surface area contributed by atoms with Gasteiger partial charge >= 0.3 is 0 Å². The summed E-state index contributed by atoms with van der Waals surface area (Å²) in [4.78, 5) is 26.8. The molecule has 7 heteroatoms. The van der Waals surface area contributed by atoms with E-state index in [1.807, 2.05) is 25.1 Å². The Bertz CT molecular complexity index is 1290. The predicted molar refractivity (Wildman–Crippen MR) is 115 cm³/mol. The highest BCUT2D eigenvalue weighted by atomic mass is 32.2. The molecule has 0 aliphatic carbocycles. The SMILES string of the molecule is Cc1ccc(S(=O)(=O)N2Cc3ccc(CN4C(=O)c5ccccc5C4=O)cc3C2)cc1. The highest BCUT2D eigenvalue weighted by Crippen LogP contribution is 2.31. The summed E-state index contributed by atoms with van der Waals surface area (Å²) in [5.74, 6) is -0.602. The summed E-state index contributed by atoms with van der Waals surface area (Å²) >= 11 is 0. The van der Waals surface area contributed by atoms with Crippen molar-refractivity contribution in [3.63, 3.8) is 0 Å². The fourth-order valence-electron chi connectivity index (χ4n) is 4.11. The first-order valence-corrected chi connectivity index (χ1v) is 11.4. The van der Waals surface area contributed by atoms with Crippen molar-refractivity contribution in [2.75, 3.05) is 0 Å². The van der Waals surface area contributed by atoms with Gasteiger partial charge in [0.15, 0.2) is 0 Å². The van der Waals surface area contributed by atoms with Crippen LogP contribution >= 0.6 is 0 Å². The van der Waals surface area contributed by atoms with Gasteiger partial charge in [0.1, 0.15) is 0 Å². The smallest absolute Gasteiger partial charge is 0.261 e. The third-order valence-electron chi connectivity index (χ3n) is 5.84. The molecule has 0 saturated heterocycles. The van der Waals surface area contributed by atoms with Crippen LogP contribution < -0.4 is 0 Å². The van der Waals surface area contributed by atoms with Crippen LogP contribution in [0.15, 0.2) is 71.6 Å². The first kappa shape index (κ1) is 19.7. The first-order valence-electron chi connectivity index (χ1n) is 9.97. The van der Waals surface area contributed by atoms with Gasteiger partial charge in [-0.25, -0.2) is 8.42 Å². The van der Waals surface area contributed by atoms with Crippen LogP contribution in [0.25, 0.3) is 0 Å². The van der Waals surface area contributed by atoms with Crippen molar-refractivity contribution in [3.8, 4) is 0 Å². The average molecular weight is 433 g/mol. The number of sulfonamides is 1. The second-order valence-electron chi connectivity index (χ2n) is 7.93. The number of amides is 2. The molecule has 0 aromatic heterocycles. The van der Waals surface area contributed by atoms with Gasteiger partial charge < -0.3 is 0 Å². The Morgan fingerprint density at radius 1 is 0.806 bits per heavy atom. The molecule has 0 N–H and O–H groups in total. The van der Waals surface area contributed by atoms with E-state index in [-0.39, 0.29) is 29.8 Å². The fourth-order valence-corrected chi connectivity index (χ4v) is 5.51. The topological polar surface area (TPSA) is 74.8 Å². The number of fused-ring (bicyclic) bond motifs is 2. The van der Waals surface area contributed by atoms with Crippen molar-refractivity contribution in [3.05, 3.63) is 100 Å². The van der Waals surface area contributed by atoms with E-state index in [4.69, 9.17) is 0 Å². The molecule has 5 rings (SSSR count). The third-order valence-corrected chi connectivity index (χ3v) is 7.65. The van der Waals surface area contributed by atoms with Gasteiger partial charge in [-0.2, -0.15) is 4.31 Å². The molecule has 2 aliphatic rings. The molecule has 2 aliphatic heterocycles. The standard InChI is InChI=1S/C24H20N2O4S/c1-16-6-10-20(11-7-16)31(29,30)25-14-18-9-8-17(12-19(18)15-25)13-26-23(27)21-4-2-3-5-22(21)24(26)28/h2-12H,13-15H2,1H3. The second-order valence-corrected chi connectivity index (χ2v) is 9.87. The zero-order valence-corrected chi connectivity index (χ0v) is 17.7. The number of rotatable bonds is 4. The summed E-state index contributed by atoms with van der Waals surface area (Å²) in [6, 6.07) is 19.3. The van der Waals surface area contributed by atoms with E-state index in [0.717, 1.165) is 22.3 Å². The van der Waals surface area contributed by atoms with Gasteiger partial charge in [0, 0.05) is 13.1 Å². The summed E-state index contributed by atoms with van der Waals surface area (Å²) in [7, 11) is -3.60. The lowest BCUT2D eigenvalue weighted by atomic mass is 10.1. The van der Waals surface area contributed by atoms with Crippen molar-refractivity contribution in [1.82, 2.24) is 9.21 Å². The molecule has 0 bridgehead atoms. The van der Waals surface area contributed by atoms with Crippen LogP contribution in [0.2, 0.25) is 0 Å². The minimum absolute atomic E-state index is 0.157. The van der Waals surface area contributed by atoms with Gasteiger partial charge in [-0.05, 0) is 47.9 Å². The summed E-state index contributed by atoms with van der Waals surface area (Å²) in [5, 5.41) is 0. The number of imide groups is 1. The number of hydrogen-bond donors (Lipinski definition) is 0. The molecule has 0 saturated carbocycles. The molecule has 6 nitrogen and oxygen atoms in total. The molecular formula is C24H20N2O4S. The first-order chi connectivity index (χ1) is 14.8. The second kappa shape index (κ2) is 7.14. The van der Waals surface area contributed by atoms with Crippen LogP contribution in [0.4, 0.5) is 0 Å². The zero-order valence-electron chi connectivity index (χ0n) is 16.9. The molecule has 0 fully saturated rings. The zero-order chi connectivity index (χ0) is 21.8. The van der Waals surface area contributed by atoms with Crippen molar-refractivity contribution >= 4 is 21.8 Å². The monoisotopic (exact) mass is 432 g/mol. The molecule has 2 heterocycles. The van der Waals surface area contributed by atoms with Crippen LogP contribution in [0, 0.1) is 6.92 Å². The van der Waals surface area contributed by atoms with E-state index in [2.05, 4.69) is 0 Å². The van der Waals surface area contributed by atoms with Crippen molar-refractivity contribution in [2.45, 2.75) is 31.5 Å². The fraction of sp³-hybridized carbons (Fsp3) is 0.167. The lowest BCUT2D eigenvalue weighted by Crippen LogP contribution is -2.29. The van der Waals surface area contributed by atoms with Gasteiger partial charge in [0.2, 0.25) is 10.0 Å². The molecule has 3 aromatic rings. The van der Waals surface area contributed by atoms with Gasteiger partial charge in [-0.15, -0.1) is 0 Å². The Labute approximate surface area is 180 Å². The maximum atomic E-state index is 13.0. The highest BCUT2D eigenvalue weighted by Gasteiger charge is 2.35. The average Bonchev–Trinajstić information content (AvgIpc) is 3.30. The molecule has 0 radical (unpaired) electrons. The Balaban J connectivity index is 1.37. The Hall–Kier alpha value is -3.29. The van der Waals surface area contributed by atoms with Crippen LogP contribution in [0.3, 0.4) is 0 Å². The van der Waals surface area contributed by atoms with E-state index in [1.165, 1.54) is 9.21 Å². The maximum absolute atomic E-state index is 13.0. The minimum atomic E-state index is -3.60. The van der Waals surface area contributed by atoms with Gasteiger partial charge in [-0.1, -0.05) is 48.0 Å². The molecule has 3 aromatic carbocycles. The van der Waals surface area contributed by atoms with Crippen LogP contribution in [-0.4, -0.2) is 29.4 Å². The summed E-state index contributed by atoms with van der Waals surface area (Å²) in [5.41, 5.74) is 4.46. The summed E-state index contributed by atoms with van der Waals surface area (Å²) in [6.45, 7) is 2.64. The van der Waals surface area contributed by atoms with Gasteiger partial charge in [0.05, 0.1) is 22.6 Å². The third kappa shape index (κ3) is 3.26. The number of aryl methyl sites for hydroxylation is 1. The van der Waals surface area contributed by atoms with Gasteiger partial charge in [-0.3, -0.25) is 14.5 Å². The highest BCUT2D eigenvalue weighted by molar-refractivity contribution is 7.89. The normalized spacial score (nSPS) is 16.0. The molecule has 156 valence electrons. The van der Waals surface area contributed by atoms with Crippen molar-refractivity contribution in [1.29, 1.82) is 0 Å². The lowest BCUT2D eigenvalue weighted by Gasteiger charge is -2.15. The van der Waals surface area contributed by atoms with Crippen LogP contribution in [0.1, 0.15) is 43.0 Å². The van der Waals surface area contributed by atoms with E-state index in [0.29, 0.717) is 17.7 Å². The van der Waals surface area contributed by atoms with Gasteiger partial charge in [0.25, 0.3) is 11.8 Å². The number of carbonyl (C=O) groups is 2. The van der Waals surface area contributed by atoms with E-state index in [9.17, 15) is 18.0 Å². The molecule has 0 spiro atoms. The van der Waals surface area contributed by atoms with E-state index < -0.39 is 10.0 Å². The lowest BCUT2D eigenvalue weighted by molar-refractivity contribution is 0.0642. The van der Waals surface area contributed by atoms with Crippen LogP contribution in [-0.2, 0) is 29.7 Å². The van der Waals surface area contributed by atoms with Crippen molar-refractivity contribution < 1.29 is 18.0 Å². The summed E-state index contributed by atoms with van der Waals surface area (Å²) in [6.07, 6.45) is 0. The molecular weight excluding hydrogens is 412 g/mol. The molecule has 0 unspecified atom stereocenters. The maximum Gasteiger partial charge on any atom is 0.261 e. The Morgan fingerprint density at radius 3 is 2.06 bits per heavy atom. The number of nitrogens with zero attached hydrogens (tertiary/aromatic N) is 2. The molecule has 31 heavy (non-hydrogen) atoms. The minimum Gasteiger partial charge on any atom is -0.270 e.